The van der Waals surface area contributed by atoms with E-state index < -0.39 is 0 Å². The average molecular weight is 196 g/mol. The average Bonchev–Trinajstić information content (AvgIpc) is 2.83. The van der Waals surface area contributed by atoms with Gasteiger partial charge in [0, 0.05) is 37.3 Å². The molecule has 0 radical (unpaired) electrons. The molecule has 0 aromatic carbocycles. The Balaban J connectivity index is 1.92. The lowest BCUT2D eigenvalue weighted by atomic mass is 10.0. The molecular weight excluding hydrogens is 172 g/mol. The van der Waals surface area contributed by atoms with Crippen molar-refractivity contribution < 1.29 is 0 Å². The van der Waals surface area contributed by atoms with E-state index in [1.54, 1.807) is 0 Å². The van der Waals surface area contributed by atoms with Crippen molar-refractivity contribution in [2.45, 2.75) is 58.2 Å². The van der Waals surface area contributed by atoms with Gasteiger partial charge in [-0.15, -0.1) is 0 Å². The van der Waals surface area contributed by atoms with Gasteiger partial charge in [0.1, 0.15) is 0 Å². The van der Waals surface area contributed by atoms with Crippen molar-refractivity contribution in [2.24, 2.45) is 0 Å². The van der Waals surface area contributed by atoms with E-state index in [0.717, 1.165) is 12.1 Å². The molecule has 2 aliphatic rings. The second-order valence-corrected chi connectivity index (χ2v) is 5.94. The molecule has 2 heteroatoms. The van der Waals surface area contributed by atoms with Gasteiger partial charge in [-0.2, -0.15) is 0 Å². The quantitative estimate of drug-likeness (QED) is 0.632. The van der Waals surface area contributed by atoms with E-state index in [2.05, 4.69) is 37.5 Å². The molecular formula is C12H24N2. The van der Waals surface area contributed by atoms with Crippen LogP contribution in [-0.2, 0) is 0 Å². The molecule has 1 aliphatic heterocycles. The maximum absolute atomic E-state index is 2.69. The van der Waals surface area contributed by atoms with Crippen molar-refractivity contribution in [2.75, 3.05) is 19.6 Å². The summed E-state index contributed by atoms with van der Waals surface area (Å²) >= 11 is 0. The lowest BCUT2D eigenvalue weighted by Gasteiger charge is -2.47. The molecule has 0 amide bonds. The van der Waals surface area contributed by atoms with Gasteiger partial charge in [0.2, 0.25) is 0 Å². The number of hydrogen-bond acceptors (Lipinski definition) is 2. The highest BCUT2D eigenvalue weighted by atomic mass is 15.3. The standard InChI is InChI=1S/C12H24N2/c1-10-9-13(11-5-6-11)7-8-14(10)12(2,3)4/h10-11H,5-9H2,1-4H3/t10-/m0/s1. The molecule has 1 saturated carbocycles. The lowest BCUT2D eigenvalue weighted by molar-refractivity contribution is 0.0150. The minimum Gasteiger partial charge on any atom is -0.298 e. The molecule has 82 valence electrons. The first-order valence-corrected chi connectivity index (χ1v) is 5.99. The Morgan fingerprint density at radius 1 is 1.07 bits per heavy atom. The molecule has 1 saturated heterocycles. The van der Waals surface area contributed by atoms with Crippen LogP contribution in [0.2, 0.25) is 0 Å². The summed E-state index contributed by atoms with van der Waals surface area (Å²) in [5, 5.41) is 0. The summed E-state index contributed by atoms with van der Waals surface area (Å²) in [5.74, 6) is 0. The summed E-state index contributed by atoms with van der Waals surface area (Å²) in [4.78, 5) is 5.33. The Hall–Kier alpha value is -0.0800. The molecule has 2 nitrogen and oxygen atoms in total. The van der Waals surface area contributed by atoms with E-state index in [4.69, 9.17) is 0 Å². The third-order valence-electron chi connectivity index (χ3n) is 3.58. The molecule has 14 heavy (non-hydrogen) atoms. The van der Waals surface area contributed by atoms with Gasteiger partial charge in [0.25, 0.3) is 0 Å². The summed E-state index contributed by atoms with van der Waals surface area (Å²) in [5.41, 5.74) is 0.342. The van der Waals surface area contributed by atoms with E-state index >= 15 is 0 Å². The van der Waals surface area contributed by atoms with E-state index in [9.17, 15) is 0 Å². The van der Waals surface area contributed by atoms with Gasteiger partial charge in [-0.25, -0.2) is 0 Å². The number of nitrogens with zero attached hydrogens (tertiary/aromatic N) is 2. The summed E-state index contributed by atoms with van der Waals surface area (Å²) in [6.07, 6.45) is 2.89. The fraction of sp³-hybridized carbons (Fsp3) is 1.00. The number of rotatable bonds is 1. The van der Waals surface area contributed by atoms with Gasteiger partial charge in [0.15, 0.2) is 0 Å². The van der Waals surface area contributed by atoms with Gasteiger partial charge in [0.05, 0.1) is 0 Å². The first-order chi connectivity index (χ1) is 6.48. The normalized spacial score (nSPS) is 32.1. The fourth-order valence-corrected chi connectivity index (χ4v) is 2.75. The Morgan fingerprint density at radius 3 is 2.14 bits per heavy atom. The van der Waals surface area contributed by atoms with Crippen molar-refractivity contribution in [3.05, 3.63) is 0 Å². The highest BCUT2D eigenvalue weighted by Gasteiger charge is 2.36. The molecule has 2 rings (SSSR count). The van der Waals surface area contributed by atoms with Gasteiger partial charge in [-0.05, 0) is 40.5 Å². The molecule has 0 unspecified atom stereocenters. The van der Waals surface area contributed by atoms with Crippen molar-refractivity contribution in [1.82, 2.24) is 9.80 Å². The highest BCUT2D eigenvalue weighted by molar-refractivity contribution is 4.93. The molecule has 1 atom stereocenters. The fourth-order valence-electron chi connectivity index (χ4n) is 2.75. The van der Waals surface area contributed by atoms with Gasteiger partial charge < -0.3 is 0 Å². The largest absolute Gasteiger partial charge is 0.298 e. The third kappa shape index (κ3) is 2.12. The molecule has 0 spiro atoms. The molecule has 0 bridgehead atoms. The molecule has 0 aromatic rings. The molecule has 1 aliphatic carbocycles. The van der Waals surface area contributed by atoms with Crippen LogP contribution in [0.15, 0.2) is 0 Å². The zero-order valence-corrected chi connectivity index (χ0v) is 10.1. The number of piperazine rings is 1. The smallest absolute Gasteiger partial charge is 0.0200 e. The van der Waals surface area contributed by atoms with Crippen LogP contribution in [0.1, 0.15) is 40.5 Å². The maximum atomic E-state index is 2.69. The van der Waals surface area contributed by atoms with Gasteiger partial charge in [-0.1, -0.05) is 0 Å². The van der Waals surface area contributed by atoms with Crippen LogP contribution in [-0.4, -0.2) is 47.1 Å². The summed E-state index contributed by atoms with van der Waals surface area (Å²) in [6.45, 7) is 13.2. The predicted octanol–water partition coefficient (Wildman–Crippen LogP) is 1.95. The van der Waals surface area contributed by atoms with Crippen molar-refractivity contribution in [3.63, 3.8) is 0 Å². The highest BCUT2D eigenvalue weighted by Crippen LogP contribution is 2.30. The van der Waals surface area contributed by atoms with E-state index in [1.807, 2.05) is 0 Å². The van der Waals surface area contributed by atoms with Gasteiger partial charge >= 0.3 is 0 Å². The summed E-state index contributed by atoms with van der Waals surface area (Å²) in [7, 11) is 0. The minimum atomic E-state index is 0.342. The summed E-state index contributed by atoms with van der Waals surface area (Å²) < 4.78 is 0. The molecule has 0 aromatic heterocycles. The van der Waals surface area contributed by atoms with Crippen molar-refractivity contribution in [3.8, 4) is 0 Å². The van der Waals surface area contributed by atoms with E-state index in [-0.39, 0.29) is 0 Å². The zero-order chi connectivity index (χ0) is 10.3. The Labute approximate surface area is 88.3 Å². The second-order valence-electron chi connectivity index (χ2n) is 5.94. The van der Waals surface area contributed by atoms with E-state index in [1.165, 1.54) is 32.5 Å². The Morgan fingerprint density at radius 2 is 1.71 bits per heavy atom. The van der Waals surface area contributed by atoms with Crippen LogP contribution in [0, 0.1) is 0 Å². The monoisotopic (exact) mass is 196 g/mol. The molecule has 0 N–H and O–H groups in total. The lowest BCUT2D eigenvalue weighted by Crippen LogP contribution is -2.58. The predicted molar refractivity (Wildman–Crippen MR) is 60.5 cm³/mol. The summed E-state index contributed by atoms with van der Waals surface area (Å²) in [6, 6.07) is 1.67. The molecule has 1 heterocycles. The van der Waals surface area contributed by atoms with Crippen LogP contribution in [0.4, 0.5) is 0 Å². The van der Waals surface area contributed by atoms with E-state index in [0.29, 0.717) is 5.54 Å². The van der Waals surface area contributed by atoms with Crippen LogP contribution in [0.5, 0.6) is 0 Å². The third-order valence-corrected chi connectivity index (χ3v) is 3.58. The van der Waals surface area contributed by atoms with Crippen LogP contribution >= 0.6 is 0 Å². The number of hydrogen-bond donors (Lipinski definition) is 0. The first kappa shape index (κ1) is 10.4. The van der Waals surface area contributed by atoms with Crippen LogP contribution < -0.4 is 0 Å². The topological polar surface area (TPSA) is 6.48 Å². The van der Waals surface area contributed by atoms with Crippen molar-refractivity contribution >= 4 is 0 Å². The first-order valence-electron chi connectivity index (χ1n) is 5.99. The van der Waals surface area contributed by atoms with Crippen molar-refractivity contribution in [1.29, 1.82) is 0 Å². The Bertz CT molecular complexity index is 203. The minimum absolute atomic E-state index is 0.342. The zero-order valence-electron chi connectivity index (χ0n) is 10.1. The van der Waals surface area contributed by atoms with Gasteiger partial charge in [-0.3, -0.25) is 9.80 Å². The second kappa shape index (κ2) is 3.49. The maximum Gasteiger partial charge on any atom is 0.0200 e. The molecule has 2 fully saturated rings. The van der Waals surface area contributed by atoms with Crippen LogP contribution in [0.3, 0.4) is 0 Å². The Kier molecular flexibility index (Phi) is 2.61. The SMILES string of the molecule is C[C@H]1CN(C2CC2)CCN1C(C)(C)C. The van der Waals surface area contributed by atoms with Crippen LogP contribution in [0.25, 0.3) is 0 Å².